The molecular formula is C21H17F6NO2. The lowest BCUT2D eigenvalue weighted by Gasteiger charge is -2.16. The molecular weight excluding hydrogens is 412 g/mol. The molecule has 0 saturated heterocycles. The van der Waals surface area contributed by atoms with E-state index >= 15 is 0 Å². The predicted molar refractivity (Wildman–Crippen MR) is 95.8 cm³/mol. The van der Waals surface area contributed by atoms with Gasteiger partial charge < -0.3 is 4.74 Å². The number of ether oxygens (including phenoxy) is 1. The Kier molecular flexibility index (Phi) is 7.13. The number of alkyl halides is 6. The van der Waals surface area contributed by atoms with E-state index in [1.54, 1.807) is 12.1 Å². The average molecular weight is 429 g/mol. The number of halogens is 6. The molecule has 0 heterocycles. The van der Waals surface area contributed by atoms with E-state index in [0.29, 0.717) is 0 Å². The van der Waals surface area contributed by atoms with E-state index in [-0.39, 0.29) is 17.7 Å². The summed E-state index contributed by atoms with van der Waals surface area (Å²) < 4.78 is 83.7. The first-order chi connectivity index (χ1) is 14.0. The molecule has 2 aromatic rings. The monoisotopic (exact) mass is 429 g/mol. The third-order valence-electron chi connectivity index (χ3n) is 4.30. The number of benzene rings is 2. The number of carbonyl (C=O) groups excluding carboxylic acids is 1. The lowest BCUT2D eigenvalue weighted by atomic mass is 10.0. The summed E-state index contributed by atoms with van der Waals surface area (Å²) in [7, 11) is 0. The SMILES string of the molecule is CCCCCc1ccc(C(=O)Oc2cc(C(F)(F)F)c(C#N)c(C(F)(F)F)c2)cc1. The maximum atomic E-state index is 13.2. The highest BCUT2D eigenvalue weighted by Crippen LogP contribution is 2.41. The van der Waals surface area contributed by atoms with Crippen LogP contribution in [0.5, 0.6) is 5.75 Å². The van der Waals surface area contributed by atoms with Crippen LogP contribution >= 0.6 is 0 Å². The summed E-state index contributed by atoms with van der Waals surface area (Å²) in [6.45, 7) is 2.05. The van der Waals surface area contributed by atoms with Crippen LogP contribution in [-0.4, -0.2) is 5.97 Å². The number of nitrogens with zero attached hydrogens (tertiary/aromatic N) is 1. The van der Waals surface area contributed by atoms with Gasteiger partial charge in [-0.2, -0.15) is 31.6 Å². The molecule has 30 heavy (non-hydrogen) atoms. The largest absolute Gasteiger partial charge is 0.423 e. The second-order valence-electron chi connectivity index (χ2n) is 6.54. The van der Waals surface area contributed by atoms with Gasteiger partial charge in [0, 0.05) is 0 Å². The van der Waals surface area contributed by atoms with Crippen LogP contribution in [0.4, 0.5) is 26.3 Å². The fourth-order valence-electron chi connectivity index (χ4n) is 2.79. The molecule has 0 unspecified atom stereocenters. The molecule has 9 heteroatoms. The summed E-state index contributed by atoms with van der Waals surface area (Å²) in [6.07, 6.45) is -6.68. The Morgan fingerprint density at radius 2 is 1.50 bits per heavy atom. The minimum Gasteiger partial charge on any atom is -0.423 e. The first kappa shape index (κ1) is 23.3. The van der Waals surface area contributed by atoms with Crippen LogP contribution in [0, 0.1) is 11.3 Å². The van der Waals surface area contributed by atoms with Gasteiger partial charge in [-0.25, -0.2) is 4.79 Å². The Hall–Kier alpha value is -3.02. The molecule has 0 saturated carbocycles. The van der Waals surface area contributed by atoms with Crippen molar-refractivity contribution in [3.63, 3.8) is 0 Å². The van der Waals surface area contributed by atoms with E-state index in [2.05, 4.69) is 6.92 Å². The molecule has 0 aliphatic heterocycles. The number of carbonyl (C=O) groups is 1. The quantitative estimate of drug-likeness (QED) is 0.227. The van der Waals surface area contributed by atoms with Gasteiger partial charge in [0.2, 0.25) is 0 Å². The number of nitriles is 1. The molecule has 0 radical (unpaired) electrons. The topological polar surface area (TPSA) is 50.1 Å². The second kappa shape index (κ2) is 9.20. The molecule has 2 aromatic carbocycles. The van der Waals surface area contributed by atoms with Gasteiger partial charge in [-0.3, -0.25) is 0 Å². The van der Waals surface area contributed by atoms with Crippen molar-refractivity contribution in [3.05, 3.63) is 64.2 Å². The summed E-state index contributed by atoms with van der Waals surface area (Å²) in [6, 6.07) is 7.44. The van der Waals surface area contributed by atoms with Crippen molar-refractivity contribution >= 4 is 5.97 Å². The Morgan fingerprint density at radius 1 is 0.967 bits per heavy atom. The molecule has 0 aromatic heterocycles. The van der Waals surface area contributed by atoms with Crippen molar-refractivity contribution in [3.8, 4) is 11.8 Å². The molecule has 0 fully saturated rings. The molecule has 2 rings (SSSR count). The molecule has 3 nitrogen and oxygen atoms in total. The predicted octanol–water partition coefficient (Wildman–Crippen LogP) is 6.55. The van der Waals surface area contributed by atoms with Crippen molar-refractivity contribution in [2.45, 2.75) is 45.0 Å². The van der Waals surface area contributed by atoms with Crippen molar-refractivity contribution in [1.82, 2.24) is 0 Å². The first-order valence-corrected chi connectivity index (χ1v) is 9.01. The van der Waals surface area contributed by atoms with E-state index in [9.17, 15) is 31.1 Å². The summed E-state index contributed by atoms with van der Waals surface area (Å²) in [4.78, 5) is 12.2. The van der Waals surface area contributed by atoms with Gasteiger partial charge in [-0.05, 0) is 42.7 Å². The molecule has 0 aliphatic carbocycles. The van der Waals surface area contributed by atoms with Gasteiger partial charge in [-0.15, -0.1) is 0 Å². The van der Waals surface area contributed by atoms with Crippen LogP contribution in [0.3, 0.4) is 0 Å². The Labute approximate surface area is 168 Å². The van der Waals surface area contributed by atoms with Crippen LogP contribution < -0.4 is 4.74 Å². The van der Waals surface area contributed by atoms with Crippen molar-refractivity contribution in [2.75, 3.05) is 0 Å². The van der Waals surface area contributed by atoms with Gasteiger partial charge in [0.25, 0.3) is 0 Å². The third-order valence-corrected chi connectivity index (χ3v) is 4.30. The van der Waals surface area contributed by atoms with Crippen LogP contribution in [0.2, 0.25) is 0 Å². The van der Waals surface area contributed by atoms with E-state index < -0.39 is 40.8 Å². The van der Waals surface area contributed by atoms with Crippen LogP contribution in [0.25, 0.3) is 0 Å². The minimum atomic E-state index is -5.24. The van der Waals surface area contributed by atoms with Crippen molar-refractivity contribution < 1.29 is 35.9 Å². The fraction of sp³-hybridized carbons (Fsp3) is 0.333. The highest BCUT2D eigenvalue weighted by molar-refractivity contribution is 5.91. The van der Waals surface area contributed by atoms with Gasteiger partial charge in [0.05, 0.1) is 22.3 Å². The number of rotatable bonds is 6. The second-order valence-corrected chi connectivity index (χ2v) is 6.54. The molecule has 0 N–H and O–H groups in total. The van der Waals surface area contributed by atoms with E-state index in [4.69, 9.17) is 10.00 Å². The summed E-state index contributed by atoms with van der Waals surface area (Å²) >= 11 is 0. The number of hydrogen-bond donors (Lipinski definition) is 0. The Balaban J connectivity index is 2.33. The van der Waals surface area contributed by atoms with Gasteiger partial charge >= 0.3 is 18.3 Å². The molecule has 160 valence electrons. The maximum absolute atomic E-state index is 13.2. The highest BCUT2D eigenvalue weighted by atomic mass is 19.4. The normalized spacial score (nSPS) is 11.8. The van der Waals surface area contributed by atoms with E-state index in [0.717, 1.165) is 37.3 Å². The molecule has 0 aliphatic rings. The van der Waals surface area contributed by atoms with Crippen molar-refractivity contribution in [1.29, 1.82) is 5.26 Å². The fourth-order valence-corrected chi connectivity index (χ4v) is 2.79. The third kappa shape index (κ3) is 5.75. The smallest absolute Gasteiger partial charge is 0.417 e. The number of aryl methyl sites for hydroxylation is 1. The molecule has 0 spiro atoms. The lowest BCUT2D eigenvalue weighted by molar-refractivity contribution is -0.143. The van der Waals surface area contributed by atoms with E-state index in [1.165, 1.54) is 12.1 Å². The number of unbranched alkanes of at least 4 members (excludes halogenated alkanes) is 2. The Bertz CT molecular complexity index is 905. The molecule has 0 bridgehead atoms. The number of esters is 1. The average Bonchev–Trinajstić information content (AvgIpc) is 2.66. The zero-order valence-corrected chi connectivity index (χ0v) is 15.8. The minimum absolute atomic E-state index is 0.0271. The van der Waals surface area contributed by atoms with E-state index in [1.807, 2.05) is 0 Å². The molecule has 0 amide bonds. The molecule has 0 atom stereocenters. The zero-order chi connectivity index (χ0) is 22.5. The van der Waals surface area contributed by atoms with Crippen LogP contribution in [-0.2, 0) is 18.8 Å². The summed E-state index contributed by atoms with van der Waals surface area (Å²) in [5.41, 5.74) is -4.31. The summed E-state index contributed by atoms with van der Waals surface area (Å²) in [5.74, 6) is -2.06. The van der Waals surface area contributed by atoms with Gasteiger partial charge in [-0.1, -0.05) is 31.9 Å². The first-order valence-electron chi connectivity index (χ1n) is 9.01. The van der Waals surface area contributed by atoms with Crippen LogP contribution in [0.15, 0.2) is 36.4 Å². The van der Waals surface area contributed by atoms with Gasteiger partial charge in [0.1, 0.15) is 11.8 Å². The summed E-state index contributed by atoms with van der Waals surface area (Å²) in [5, 5.41) is 8.82. The van der Waals surface area contributed by atoms with Crippen LogP contribution in [0.1, 0.15) is 58.8 Å². The Morgan fingerprint density at radius 3 is 1.93 bits per heavy atom. The lowest BCUT2D eigenvalue weighted by Crippen LogP contribution is -2.17. The maximum Gasteiger partial charge on any atom is 0.417 e. The number of hydrogen-bond acceptors (Lipinski definition) is 3. The zero-order valence-electron chi connectivity index (χ0n) is 15.8. The standard InChI is InChI=1S/C21H17F6NO2/c1-2-3-4-5-13-6-8-14(9-7-13)19(29)30-15-10-17(20(22,23)24)16(12-28)18(11-15)21(25,26)27/h6-11H,2-5H2,1H3. The van der Waals surface area contributed by atoms with Crippen molar-refractivity contribution in [2.24, 2.45) is 0 Å². The van der Waals surface area contributed by atoms with Gasteiger partial charge in [0.15, 0.2) is 0 Å². The highest BCUT2D eigenvalue weighted by Gasteiger charge is 2.42.